The average molecular weight is 298 g/mol. The van der Waals surface area contributed by atoms with Crippen molar-refractivity contribution in [3.05, 3.63) is 0 Å². The van der Waals surface area contributed by atoms with Gasteiger partial charge in [0.15, 0.2) is 0 Å². The molecule has 5 nitrogen and oxygen atoms in total. The summed E-state index contributed by atoms with van der Waals surface area (Å²) in [6.07, 6.45) is 7.01. The molecule has 1 atom stereocenters. The van der Waals surface area contributed by atoms with Gasteiger partial charge in [0.05, 0.1) is 5.92 Å². The molecular formula is C16H30N2O3. The van der Waals surface area contributed by atoms with E-state index in [1.807, 2.05) is 0 Å². The van der Waals surface area contributed by atoms with Crippen LogP contribution in [0.4, 0.5) is 4.79 Å². The molecule has 122 valence electrons. The third kappa shape index (κ3) is 6.36. The molecule has 0 spiro atoms. The molecule has 1 saturated heterocycles. The number of carboxylic acids is 1. The van der Waals surface area contributed by atoms with E-state index in [2.05, 4.69) is 19.2 Å². The molecule has 0 aromatic rings. The summed E-state index contributed by atoms with van der Waals surface area (Å²) in [6.45, 7) is 6.21. The maximum Gasteiger partial charge on any atom is 0.317 e. The molecule has 5 heteroatoms. The largest absolute Gasteiger partial charge is 0.481 e. The van der Waals surface area contributed by atoms with Crippen LogP contribution in [0.5, 0.6) is 0 Å². The Morgan fingerprint density at radius 2 is 1.86 bits per heavy atom. The number of hydrogen-bond donors (Lipinski definition) is 2. The van der Waals surface area contributed by atoms with Gasteiger partial charge in [0.2, 0.25) is 0 Å². The van der Waals surface area contributed by atoms with Gasteiger partial charge < -0.3 is 15.3 Å². The molecular weight excluding hydrogens is 268 g/mol. The van der Waals surface area contributed by atoms with Crippen molar-refractivity contribution in [2.75, 3.05) is 19.6 Å². The quantitative estimate of drug-likeness (QED) is 0.723. The zero-order valence-corrected chi connectivity index (χ0v) is 13.4. The van der Waals surface area contributed by atoms with E-state index >= 15 is 0 Å². The highest BCUT2D eigenvalue weighted by atomic mass is 16.4. The first-order valence-corrected chi connectivity index (χ1v) is 8.34. The predicted octanol–water partition coefficient (Wildman–Crippen LogP) is 3.10. The maximum absolute atomic E-state index is 12.1. The van der Waals surface area contributed by atoms with E-state index in [1.165, 1.54) is 19.3 Å². The number of likely N-dealkylation sites (tertiary alicyclic amines) is 1. The number of carbonyl (C=O) groups is 2. The smallest absolute Gasteiger partial charge is 0.317 e. The first-order valence-electron chi connectivity index (χ1n) is 8.34. The van der Waals surface area contributed by atoms with Crippen LogP contribution in [0.25, 0.3) is 0 Å². The number of aliphatic carboxylic acids is 1. The highest BCUT2D eigenvalue weighted by Gasteiger charge is 2.27. The number of hydrogen-bond acceptors (Lipinski definition) is 2. The fourth-order valence-electron chi connectivity index (χ4n) is 2.92. The molecule has 1 aliphatic heterocycles. The van der Waals surface area contributed by atoms with Gasteiger partial charge in [-0.3, -0.25) is 4.79 Å². The Morgan fingerprint density at radius 1 is 1.19 bits per heavy atom. The minimum Gasteiger partial charge on any atom is -0.481 e. The molecule has 0 saturated carbocycles. The summed E-state index contributed by atoms with van der Waals surface area (Å²) in [7, 11) is 0. The van der Waals surface area contributed by atoms with Gasteiger partial charge in [0, 0.05) is 19.6 Å². The second-order valence-corrected chi connectivity index (χ2v) is 6.08. The number of nitrogens with zero attached hydrogens (tertiary/aromatic N) is 1. The first-order chi connectivity index (χ1) is 10.1. The standard InChI is InChI=1S/C16H30N2O3/c1-3-5-7-13(6-4-2)12-17-16(21)18-10-8-14(9-11-18)15(19)20/h13-14H,3-12H2,1-2H3,(H,17,21)(H,19,20). The number of urea groups is 1. The van der Waals surface area contributed by atoms with E-state index in [0.717, 1.165) is 19.4 Å². The third-order valence-electron chi connectivity index (χ3n) is 4.34. The van der Waals surface area contributed by atoms with Crippen molar-refractivity contribution in [3.63, 3.8) is 0 Å². The number of amides is 2. The first kappa shape index (κ1) is 17.8. The van der Waals surface area contributed by atoms with Gasteiger partial charge in [-0.15, -0.1) is 0 Å². The number of nitrogens with one attached hydrogen (secondary N) is 1. The topological polar surface area (TPSA) is 69.6 Å². The van der Waals surface area contributed by atoms with Gasteiger partial charge in [-0.25, -0.2) is 4.79 Å². The molecule has 0 aromatic carbocycles. The van der Waals surface area contributed by atoms with Crippen molar-refractivity contribution in [1.82, 2.24) is 10.2 Å². The molecule has 1 rings (SSSR count). The molecule has 0 aliphatic carbocycles. The molecule has 1 unspecified atom stereocenters. The van der Waals surface area contributed by atoms with Crippen LogP contribution >= 0.6 is 0 Å². The average Bonchev–Trinajstić information content (AvgIpc) is 2.49. The van der Waals surface area contributed by atoms with E-state index in [0.29, 0.717) is 31.8 Å². The zero-order chi connectivity index (χ0) is 15.7. The van der Waals surface area contributed by atoms with E-state index < -0.39 is 5.97 Å². The summed E-state index contributed by atoms with van der Waals surface area (Å²) in [5.74, 6) is -0.459. The summed E-state index contributed by atoms with van der Waals surface area (Å²) >= 11 is 0. The van der Waals surface area contributed by atoms with Crippen molar-refractivity contribution in [1.29, 1.82) is 0 Å². The monoisotopic (exact) mass is 298 g/mol. The molecule has 0 bridgehead atoms. The van der Waals surface area contributed by atoms with Crippen LogP contribution < -0.4 is 5.32 Å². The Bertz CT molecular complexity index is 325. The molecule has 21 heavy (non-hydrogen) atoms. The van der Waals surface area contributed by atoms with Gasteiger partial charge >= 0.3 is 12.0 Å². The summed E-state index contributed by atoms with van der Waals surface area (Å²) in [5, 5.41) is 12.0. The van der Waals surface area contributed by atoms with Crippen LogP contribution in [-0.2, 0) is 4.79 Å². The summed E-state index contributed by atoms with van der Waals surface area (Å²) in [4.78, 5) is 24.8. The minimum absolute atomic E-state index is 0.0311. The lowest BCUT2D eigenvalue weighted by atomic mass is 9.96. The molecule has 2 amide bonds. The summed E-state index contributed by atoms with van der Waals surface area (Å²) < 4.78 is 0. The fourth-order valence-corrected chi connectivity index (χ4v) is 2.92. The molecule has 1 fully saturated rings. The number of carbonyl (C=O) groups excluding carboxylic acids is 1. The Morgan fingerprint density at radius 3 is 2.38 bits per heavy atom. The zero-order valence-electron chi connectivity index (χ0n) is 13.4. The van der Waals surface area contributed by atoms with Gasteiger partial charge in [0.1, 0.15) is 0 Å². The molecule has 2 N–H and O–H groups in total. The molecule has 1 heterocycles. The van der Waals surface area contributed by atoms with Gasteiger partial charge in [-0.2, -0.15) is 0 Å². The van der Waals surface area contributed by atoms with Crippen LogP contribution in [0, 0.1) is 11.8 Å². The lowest BCUT2D eigenvalue weighted by Crippen LogP contribution is -2.46. The number of rotatable bonds is 8. The van der Waals surface area contributed by atoms with Gasteiger partial charge in [-0.1, -0.05) is 33.1 Å². The fraction of sp³-hybridized carbons (Fsp3) is 0.875. The second kappa shape index (κ2) is 9.64. The van der Waals surface area contributed by atoms with E-state index in [9.17, 15) is 9.59 Å². The van der Waals surface area contributed by atoms with Crippen molar-refractivity contribution < 1.29 is 14.7 Å². The minimum atomic E-state index is -0.738. The Balaban J connectivity index is 2.30. The number of piperidine rings is 1. The number of carboxylic acid groups (broad SMARTS) is 1. The summed E-state index contributed by atoms with van der Waals surface area (Å²) in [6, 6.07) is -0.0311. The van der Waals surface area contributed by atoms with Crippen molar-refractivity contribution in [2.24, 2.45) is 11.8 Å². The Labute approximate surface area is 128 Å². The Kier molecular flexibility index (Phi) is 8.16. The number of unbranched alkanes of at least 4 members (excludes halogenated alkanes) is 1. The van der Waals surface area contributed by atoms with Crippen molar-refractivity contribution >= 4 is 12.0 Å². The third-order valence-corrected chi connectivity index (χ3v) is 4.34. The van der Waals surface area contributed by atoms with Crippen LogP contribution in [0.15, 0.2) is 0 Å². The lowest BCUT2D eigenvalue weighted by molar-refractivity contribution is -0.143. The van der Waals surface area contributed by atoms with Crippen LogP contribution in [0.1, 0.15) is 58.8 Å². The lowest BCUT2D eigenvalue weighted by Gasteiger charge is -2.30. The van der Waals surface area contributed by atoms with Crippen LogP contribution in [0.3, 0.4) is 0 Å². The normalized spacial score (nSPS) is 17.5. The Hall–Kier alpha value is -1.26. The van der Waals surface area contributed by atoms with Crippen molar-refractivity contribution in [2.45, 2.75) is 58.8 Å². The van der Waals surface area contributed by atoms with Gasteiger partial charge in [0.25, 0.3) is 0 Å². The second-order valence-electron chi connectivity index (χ2n) is 6.08. The summed E-state index contributed by atoms with van der Waals surface area (Å²) in [5.41, 5.74) is 0. The van der Waals surface area contributed by atoms with Crippen molar-refractivity contribution in [3.8, 4) is 0 Å². The molecule has 1 aliphatic rings. The van der Waals surface area contributed by atoms with Gasteiger partial charge in [-0.05, 0) is 31.6 Å². The predicted molar refractivity (Wildman–Crippen MR) is 83.3 cm³/mol. The highest BCUT2D eigenvalue weighted by molar-refractivity contribution is 5.75. The highest BCUT2D eigenvalue weighted by Crippen LogP contribution is 2.18. The van der Waals surface area contributed by atoms with Crippen LogP contribution in [-0.4, -0.2) is 41.6 Å². The molecule has 0 radical (unpaired) electrons. The van der Waals surface area contributed by atoms with E-state index in [-0.39, 0.29) is 11.9 Å². The van der Waals surface area contributed by atoms with Crippen LogP contribution in [0.2, 0.25) is 0 Å². The SMILES string of the molecule is CCCCC(CCC)CNC(=O)N1CCC(C(=O)O)CC1. The molecule has 0 aromatic heterocycles. The maximum atomic E-state index is 12.1. The van der Waals surface area contributed by atoms with E-state index in [1.54, 1.807) is 4.90 Å². The van der Waals surface area contributed by atoms with E-state index in [4.69, 9.17) is 5.11 Å².